The van der Waals surface area contributed by atoms with Gasteiger partial charge in [0.05, 0.1) is 13.1 Å². The lowest BCUT2D eigenvalue weighted by molar-refractivity contribution is -0.892. The number of benzene rings is 1. The van der Waals surface area contributed by atoms with Gasteiger partial charge in [-0.25, -0.2) is 0 Å². The molecule has 1 heterocycles. The van der Waals surface area contributed by atoms with Crippen LogP contribution in [0.25, 0.3) is 0 Å². The third kappa shape index (κ3) is 4.80. The molecular formula is C16H24ClN2O+. The summed E-state index contributed by atoms with van der Waals surface area (Å²) in [5, 5.41) is 3.65. The van der Waals surface area contributed by atoms with Crippen LogP contribution in [-0.2, 0) is 4.79 Å². The standard InChI is InChI=1S/C16H23ClN2O/c1-13-7-8-14(17)11-15(13)18-16(20)12-19-9-5-3-2-4-6-10-19/h7-8,11H,2-6,9-10,12H2,1H3,(H,18,20)/p+1. The maximum Gasteiger partial charge on any atom is 0.279 e. The maximum absolute atomic E-state index is 12.2. The number of nitrogens with one attached hydrogen (secondary N) is 2. The Morgan fingerprint density at radius 2 is 1.85 bits per heavy atom. The number of quaternary nitrogens is 1. The van der Waals surface area contributed by atoms with Crippen molar-refractivity contribution in [2.24, 2.45) is 0 Å². The highest BCUT2D eigenvalue weighted by atomic mass is 35.5. The van der Waals surface area contributed by atoms with Crippen molar-refractivity contribution in [1.29, 1.82) is 0 Å². The Bertz CT molecular complexity index is 454. The van der Waals surface area contributed by atoms with Crippen molar-refractivity contribution in [2.75, 3.05) is 25.0 Å². The minimum absolute atomic E-state index is 0.0888. The minimum Gasteiger partial charge on any atom is -0.327 e. The van der Waals surface area contributed by atoms with Gasteiger partial charge in [-0.2, -0.15) is 0 Å². The zero-order chi connectivity index (χ0) is 14.4. The number of halogens is 1. The lowest BCUT2D eigenvalue weighted by Crippen LogP contribution is -3.13. The molecule has 0 saturated carbocycles. The molecule has 0 spiro atoms. The molecule has 1 saturated heterocycles. The highest BCUT2D eigenvalue weighted by molar-refractivity contribution is 6.31. The van der Waals surface area contributed by atoms with Gasteiger partial charge in [0.25, 0.3) is 5.91 Å². The van der Waals surface area contributed by atoms with E-state index in [1.807, 2.05) is 25.1 Å². The summed E-state index contributed by atoms with van der Waals surface area (Å²) in [6, 6.07) is 5.59. The summed E-state index contributed by atoms with van der Waals surface area (Å²) in [6.45, 7) is 4.77. The van der Waals surface area contributed by atoms with Gasteiger partial charge in [0, 0.05) is 10.7 Å². The highest BCUT2D eigenvalue weighted by Gasteiger charge is 2.16. The molecule has 0 unspecified atom stereocenters. The molecular weight excluding hydrogens is 272 g/mol. The molecule has 0 radical (unpaired) electrons. The predicted octanol–water partition coefficient (Wildman–Crippen LogP) is 2.44. The summed E-state index contributed by atoms with van der Waals surface area (Å²) < 4.78 is 0. The number of carbonyl (C=O) groups excluding carboxylic acids is 1. The van der Waals surface area contributed by atoms with E-state index in [0.717, 1.165) is 24.3 Å². The topological polar surface area (TPSA) is 33.5 Å². The van der Waals surface area contributed by atoms with Gasteiger partial charge in [-0.05, 0) is 50.3 Å². The third-order valence-corrected chi connectivity index (χ3v) is 4.18. The van der Waals surface area contributed by atoms with Crippen LogP contribution in [0, 0.1) is 6.92 Å². The molecule has 1 aromatic carbocycles. The smallest absolute Gasteiger partial charge is 0.279 e. The normalized spacial score (nSPS) is 17.3. The second kappa shape index (κ2) is 7.65. The zero-order valence-electron chi connectivity index (χ0n) is 12.2. The van der Waals surface area contributed by atoms with Crippen LogP contribution < -0.4 is 10.2 Å². The van der Waals surface area contributed by atoms with Gasteiger partial charge < -0.3 is 10.2 Å². The Morgan fingerprint density at radius 1 is 1.20 bits per heavy atom. The molecule has 0 aliphatic carbocycles. The van der Waals surface area contributed by atoms with Crippen molar-refractivity contribution in [3.63, 3.8) is 0 Å². The zero-order valence-corrected chi connectivity index (χ0v) is 12.9. The lowest BCUT2D eigenvalue weighted by Gasteiger charge is -2.21. The monoisotopic (exact) mass is 295 g/mol. The first-order chi connectivity index (χ1) is 9.65. The second-order valence-electron chi connectivity index (χ2n) is 5.70. The fourth-order valence-corrected chi connectivity index (χ4v) is 2.90. The molecule has 2 N–H and O–H groups in total. The van der Waals surface area contributed by atoms with Crippen LogP contribution in [0.4, 0.5) is 5.69 Å². The molecule has 4 heteroatoms. The fourth-order valence-electron chi connectivity index (χ4n) is 2.73. The Kier molecular flexibility index (Phi) is 5.86. The number of likely N-dealkylation sites (tertiary alicyclic amines) is 1. The van der Waals surface area contributed by atoms with Crippen molar-refractivity contribution < 1.29 is 9.69 Å². The van der Waals surface area contributed by atoms with Crippen LogP contribution in [0.1, 0.15) is 37.7 Å². The van der Waals surface area contributed by atoms with Crippen LogP contribution in [-0.4, -0.2) is 25.5 Å². The van der Waals surface area contributed by atoms with Crippen LogP contribution in [0.3, 0.4) is 0 Å². The molecule has 2 rings (SSSR count). The molecule has 110 valence electrons. The Hall–Kier alpha value is -1.06. The van der Waals surface area contributed by atoms with Crippen LogP contribution in [0.5, 0.6) is 0 Å². The van der Waals surface area contributed by atoms with E-state index in [1.165, 1.54) is 37.0 Å². The summed E-state index contributed by atoms with van der Waals surface area (Å²) in [5.74, 6) is 0.0888. The molecule has 0 atom stereocenters. The van der Waals surface area contributed by atoms with Gasteiger partial charge in [-0.3, -0.25) is 4.79 Å². The molecule has 1 amide bonds. The Morgan fingerprint density at radius 3 is 2.55 bits per heavy atom. The lowest BCUT2D eigenvalue weighted by atomic mass is 10.1. The van der Waals surface area contributed by atoms with Crippen molar-refractivity contribution >= 4 is 23.2 Å². The van der Waals surface area contributed by atoms with Gasteiger partial charge in [0.1, 0.15) is 0 Å². The van der Waals surface area contributed by atoms with E-state index in [0.29, 0.717) is 11.6 Å². The first kappa shape index (κ1) is 15.3. The quantitative estimate of drug-likeness (QED) is 0.882. The molecule has 3 nitrogen and oxygen atoms in total. The van der Waals surface area contributed by atoms with E-state index >= 15 is 0 Å². The summed E-state index contributed by atoms with van der Waals surface area (Å²) in [6.07, 6.45) is 6.43. The summed E-state index contributed by atoms with van der Waals surface area (Å²) in [5.41, 5.74) is 1.87. The number of hydrogen-bond acceptors (Lipinski definition) is 1. The van der Waals surface area contributed by atoms with Crippen LogP contribution >= 0.6 is 11.6 Å². The van der Waals surface area contributed by atoms with E-state index in [1.54, 1.807) is 0 Å². The van der Waals surface area contributed by atoms with Crippen LogP contribution in [0.15, 0.2) is 18.2 Å². The summed E-state index contributed by atoms with van der Waals surface area (Å²) >= 11 is 5.98. The number of amides is 1. The molecule has 0 aromatic heterocycles. The number of anilines is 1. The molecule has 20 heavy (non-hydrogen) atoms. The fraction of sp³-hybridized carbons (Fsp3) is 0.562. The van der Waals surface area contributed by atoms with Gasteiger partial charge in [-0.15, -0.1) is 0 Å². The van der Waals surface area contributed by atoms with Crippen molar-refractivity contribution in [3.8, 4) is 0 Å². The van der Waals surface area contributed by atoms with E-state index in [-0.39, 0.29) is 5.91 Å². The van der Waals surface area contributed by atoms with Crippen LogP contribution in [0.2, 0.25) is 5.02 Å². The molecule has 1 aromatic rings. The minimum atomic E-state index is 0.0888. The third-order valence-electron chi connectivity index (χ3n) is 3.94. The molecule has 1 aliphatic heterocycles. The largest absolute Gasteiger partial charge is 0.327 e. The number of aryl methyl sites for hydroxylation is 1. The maximum atomic E-state index is 12.2. The van der Waals surface area contributed by atoms with Crippen molar-refractivity contribution in [3.05, 3.63) is 28.8 Å². The first-order valence-electron chi connectivity index (χ1n) is 7.55. The number of hydrogen-bond donors (Lipinski definition) is 2. The van der Waals surface area contributed by atoms with Gasteiger partial charge in [0.2, 0.25) is 0 Å². The van der Waals surface area contributed by atoms with Crippen molar-refractivity contribution in [2.45, 2.75) is 39.0 Å². The van der Waals surface area contributed by atoms with Crippen molar-refractivity contribution in [1.82, 2.24) is 0 Å². The average molecular weight is 296 g/mol. The SMILES string of the molecule is Cc1ccc(Cl)cc1NC(=O)C[NH+]1CCCCCCC1. The van der Waals surface area contributed by atoms with E-state index in [4.69, 9.17) is 11.6 Å². The van der Waals surface area contributed by atoms with E-state index in [9.17, 15) is 4.79 Å². The first-order valence-corrected chi connectivity index (χ1v) is 7.92. The van der Waals surface area contributed by atoms with E-state index in [2.05, 4.69) is 5.32 Å². The Balaban J connectivity index is 1.89. The van der Waals surface area contributed by atoms with Gasteiger partial charge in [0.15, 0.2) is 6.54 Å². The predicted molar refractivity (Wildman–Crippen MR) is 83.5 cm³/mol. The molecule has 1 fully saturated rings. The Labute approximate surface area is 126 Å². The summed E-state index contributed by atoms with van der Waals surface area (Å²) in [7, 11) is 0. The second-order valence-corrected chi connectivity index (χ2v) is 6.14. The van der Waals surface area contributed by atoms with E-state index < -0.39 is 0 Å². The molecule has 1 aliphatic rings. The average Bonchev–Trinajstić information content (AvgIpc) is 2.37. The molecule has 0 bridgehead atoms. The highest BCUT2D eigenvalue weighted by Crippen LogP contribution is 2.19. The van der Waals surface area contributed by atoms with Gasteiger partial charge in [-0.1, -0.05) is 24.1 Å². The summed E-state index contributed by atoms with van der Waals surface area (Å²) in [4.78, 5) is 13.6. The van der Waals surface area contributed by atoms with Gasteiger partial charge >= 0.3 is 0 Å². The number of carbonyl (C=O) groups is 1. The number of rotatable bonds is 3.